The van der Waals surface area contributed by atoms with Crippen molar-refractivity contribution in [3.63, 3.8) is 0 Å². The first-order valence-electron chi connectivity index (χ1n) is 48.6. The van der Waals surface area contributed by atoms with E-state index in [1.165, 1.54) is 150 Å². The van der Waals surface area contributed by atoms with Crippen LogP contribution in [0.3, 0.4) is 0 Å². The van der Waals surface area contributed by atoms with Crippen molar-refractivity contribution in [3.05, 3.63) is 488 Å². The van der Waals surface area contributed by atoms with Gasteiger partial charge in [-0.05, 0) is 253 Å². The molecular formula is C129H80BBr2N10O2S2. The largest absolute Gasteiger partial charge is 0.569 e. The second-order valence-corrected chi connectivity index (χ2v) is 40.6. The molecule has 0 fully saturated rings. The topological polar surface area (TPSA) is 103 Å². The second kappa shape index (κ2) is 35.5. The molecule has 17 heteroatoms. The molecule has 0 aliphatic carbocycles. The first-order chi connectivity index (χ1) is 72.2. The predicted molar refractivity (Wildman–Crippen MR) is 618 cm³/mol. The van der Waals surface area contributed by atoms with Crippen molar-refractivity contribution >= 4 is 223 Å². The van der Waals surface area contributed by atoms with E-state index in [1.807, 2.05) is 71.2 Å². The zero-order chi connectivity index (χ0) is 96.7. The molecule has 0 saturated carbocycles. The number of para-hydroxylation sites is 13. The Labute approximate surface area is 862 Å². The molecule has 30 aromatic rings. The van der Waals surface area contributed by atoms with Gasteiger partial charge < -0.3 is 27.9 Å². The van der Waals surface area contributed by atoms with E-state index in [1.54, 1.807) is 12.1 Å². The number of thiophene rings is 2. The lowest BCUT2D eigenvalue weighted by molar-refractivity contribution is 0.454. The number of benzene rings is 21. The number of rotatable bonds is 14. The van der Waals surface area contributed by atoms with Crippen LogP contribution in [0.25, 0.3) is 257 Å². The van der Waals surface area contributed by atoms with Crippen molar-refractivity contribution in [1.29, 1.82) is 0 Å². The first-order valence-corrected chi connectivity index (χ1v) is 51.8. The molecule has 0 bridgehead atoms. The number of aromatic nitrogens is 10. The Bertz CT molecular complexity index is 9900. The van der Waals surface area contributed by atoms with Crippen LogP contribution in [0, 0.1) is 0 Å². The van der Waals surface area contributed by atoms with Gasteiger partial charge in [-0.25, -0.2) is 15.0 Å². The van der Waals surface area contributed by atoms with Crippen LogP contribution in [0.2, 0.25) is 0 Å². The fourth-order valence-corrected chi connectivity index (χ4v) is 25.6. The van der Waals surface area contributed by atoms with Crippen LogP contribution in [0.5, 0.6) is 5.75 Å². The summed E-state index contributed by atoms with van der Waals surface area (Å²) in [7, 11) is 0.675. The molecule has 12 nitrogen and oxygen atoms in total. The van der Waals surface area contributed by atoms with Crippen LogP contribution in [0.15, 0.2) is 488 Å². The molecule has 0 unspecified atom stereocenters. The summed E-state index contributed by atoms with van der Waals surface area (Å²) in [6.07, 6.45) is 0. The van der Waals surface area contributed by atoms with Crippen LogP contribution >= 0.6 is 54.5 Å². The van der Waals surface area contributed by atoms with Gasteiger partial charge in [0.25, 0.3) is 0 Å². The molecule has 21 aromatic carbocycles. The lowest BCUT2D eigenvalue weighted by Gasteiger charge is -2.10. The van der Waals surface area contributed by atoms with Crippen molar-refractivity contribution in [1.82, 2.24) is 46.9 Å². The minimum Gasteiger partial charge on any atom is -0.537 e. The SMILES string of the molecule is Brc1ccc2c(c1)c1c3sc4c(ccc5c4c4cc(Br)ccc4n5-c4ccccc4)c3ccc1n2-c1ccccc1.O[B]Oc1ccc(-c2nc3ccccc3n2-c2ccccc2)cc1.c1ccc(-n2c(-c3ccc(-c4ccc5c(c4)c4c6sc7c(ccc8c7c7cc(-c9ccc(-c%10nc%11ccccc%11n%10-c%10ccccc%10)cc9)ccc7n8-c7ccccc7)c6ccc4n5-c4ccccc4)cc3)nc3ccccc32)cc1. The third kappa shape index (κ3) is 14.3. The van der Waals surface area contributed by atoms with E-state index < -0.39 is 0 Å². The Kier molecular flexibility index (Phi) is 21.0. The predicted octanol–water partition coefficient (Wildman–Crippen LogP) is 35.0. The highest BCUT2D eigenvalue weighted by atomic mass is 79.9. The van der Waals surface area contributed by atoms with Crippen molar-refractivity contribution in [2.45, 2.75) is 0 Å². The molecule has 0 spiro atoms. The molecule has 30 rings (SSSR count). The molecule has 146 heavy (non-hydrogen) atoms. The second-order valence-electron chi connectivity index (χ2n) is 36.7. The molecule has 0 aliphatic rings. The maximum absolute atomic E-state index is 8.73. The maximum Gasteiger partial charge on any atom is 0.569 e. The molecule has 9 aromatic heterocycles. The van der Waals surface area contributed by atoms with Gasteiger partial charge in [-0.1, -0.05) is 281 Å². The van der Waals surface area contributed by atoms with Crippen LogP contribution in [-0.4, -0.2) is 59.6 Å². The van der Waals surface area contributed by atoms with E-state index in [0.29, 0.717) is 13.4 Å². The van der Waals surface area contributed by atoms with Crippen LogP contribution < -0.4 is 4.65 Å². The summed E-state index contributed by atoms with van der Waals surface area (Å²) >= 11 is 11.4. The molecule has 0 atom stereocenters. The van der Waals surface area contributed by atoms with E-state index in [-0.39, 0.29) is 0 Å². The average molecular weight is 2040 g/mol. The summed E-state index contributed by atoms with van der Waals surface area (Å²) in [6.45, 7) is 0. The molecule has 0 aliphatic heterocycles. The summed E-state index contributed by atoms with van der Waals surface area (Å²) in [5.74, 6) is 3.28. The fourth-order valence-electron chi connectivity index (χ4n) is 22.1. The van der Waals surface area contributed by atoms with Gasteiger partial charge in [0.15, 0.2) is 0 Å². The number of halogens is 2. The van der Waals surface area contributed by atoms with Gasteiger partial charge in [0.05, 0.1) is 77.2 Å². The number of hydrogen-bond acceptors (Lipinski definition) is 7. The van der Waals surface area contributed by atoms with Gasteiger partial charge in [0.2, 0.25) is 0 Å². The molecule has 687 valence electrons. The fraction of sp³-hybridized carbons (Fsp3) is 0. The third-order valence-electron chi connectivity index (χ3n) is 28.5. The average Bonchev–Trinajstić information content (AvgIpc) is 1.54. The molecule has 9 heterocycles. The first kappa shape index (κ1) is 86.3. The van der Waals surface area contributed by atoms with Gasteiger partial charge in [0.1, 0.15) is 23.2 Å². The number of imidazole rings is 3. The van der Waals surface area contributed by atoms with Gasteiger partial charge in [0, 0.05) is 149 Å². The summed E-state index contributed by atoms with van der Waals surface area (Å²) < 4.78 is 28.8. The monoisotopic (exact) mass is 2030 g/mol. The standard InChI is InChI=1S/C74H46N6S.C36H20Br2N2S.C19H14BN2O2/c1-5-17-53(18-6-1)77-63-41-37-51(47-29-33-49(34-30-47)73-75-61-25-13-15-27-65(61)79(73)55-21-9-3-10-22-55)45-59(63)69-67(77)43-39-57-58-40-44-68-70(72(58)81-71(57)69)60-46-52(38-42-64(60)78(68)54-19-7-2-8-20-54)48-31-35-50(36-32-48)74-76-62-26-14-16-28-66(62)80(74)56-23-11-4-12-24-56;37-21-11-15-29-27(19-21)33-31(39(29)23-7-3-1-4-8-23)17-13-25-26-14-18-32-34(36(26)41-35(25)33)28-20-22(38)12-16-30(28)40(32)24-9-5-2-6-10-24;23-20-24-16-12-10-14(11-13-16)19-21-17-8-4-5-9-18(17)22(19)15-6-2-1-3-7-15/h1-46H;1-20H;1-13,23H. The lowest BCUT2D eigenvalue weighted by Crippen LogP contribution is -2.00. The Balaban J connectivity index is 0.000000130. The van der Waals surface area contributed by atoms with Crippen molar-refractivity contribution in [2.75, 3.05) is 0 Å². The van der Waals surface area contributed by atoms with E-state index >= 15 is 0 Å². The summed E-state index contributed by atoms with van der Waals surface area (Å²) in [5, 5.41) is 24.0. The van der Waals surface area contributed by atoms with Gasteiger partial charge >= 0.3 is 7.69 Å². The van der Waals surface area contributed by atoms with Crippen LogP contribution in [0.1, 0.15) is 0 Å². The lowest BCUT2D eigenvalue weighted by atomic mass is 10.00. The van der Waals surface area contributed by atoms with E-state index in [0.717, 1.165) is 116 Å². The summed E-state index contributed by atoms with van der Waals surface area (Å²) in [5.41, 5.74) is 31.4. The van der Waals surface area contributed by atoms with Crippen molar-refractivity contribution in [2.24, 2.45) is 0 Å². The van der Waals surface area contributed by atoms with Gasteiger partial charge in [-0.3, -0.25) is 13.7 Å². The highest BCUT2D eigenvalue weighted by molar-refractivity contribution is 9.10. The molecule has 0 saturated heterocycles. The zero-order valence-corrected chi connectivity index (χ0v) is 82.9. The normalized spacial score (nSPS) is 11.8. The molecular weight excluding hydrogens is 1960 g/mol. The van der Waals surface area contributed by atoms with E-state index in [2.05, 4.69) is 482 Å². The maximum atomic E-state index is 8.73. The minimum atomic E-state index is 0.573. The van der Waals surface area contributed by atoms with E-state index in [9.17, 15) is 0 Å². The van der Waals surface area contributed by atoms with Gasteiger partial charge in [-0.2, -0.15) is 0 Å². The number of nitrogens with zero attached hydrogens (tertiary/aromatic N) is 10. The highest BCUT2D eigenvalue weighted by Gasteiger charge is 2.28. The Morgan fingerprint density at radius 2 is 0.425 bits per heavy atom. The van der Waals surface area contributed by atoms with Crippen molar-refractivity contribution < 1.29 is 9.68 Å². The van der Waals surface area contributed by atoms with Crippen LogP contribution in [0.4, 0.5) is 0 Å². The molecule has 0 amide bonds. The smallest absolute Gasteiger partial charge is 0.537 e. The van der Waals surface area contributed by atoms with Gasteiger partial charge in [-0.15, -0.1) is 22.7 Å². The third-order valence-corrected chi connectivity index (χ3v) is 32.0. The zero-order valence-electron chi connectivity index (χ0n) is 78.1. The van der Waals surface area contributed by atoms with Crippen LogP contribution in [-0.2, 0) is 0 Å². The quantitative estimate of drug-likeness (QED) is 0.109. The highest BCUT2D eigenvalue weighted by Crippen LogP contribution is 2.53. The number of fused-ring (bicyclic) bond motifs is 25. The summed E-state index contributed by atoms with van der Waals surface area (Å²) in [6, 6.07) is 170. The number of hydrogen-bond donors (Lipinski definition) is 1. The molecule has 1 radical (unpaired) electrons. The summed E-state index contributed by atoms with van der Waals surface area (Å²) in [4.78, 5) is 15.1. The van der Waals surface area contributed by atoms with Crippen molar-refractivity contribution in [3.8, 4) is 102 Å². The Morgan fingerprint density at radius 1 is 0.199 bits per heavy atom. The molecule has 1 N–H and O–H groups in total. The Morgan fingerprint density at radius 3 is 0.705 bits per heavy atom. The minimum absolute atomic E-state index is 0.573. The Hall–Kier alpha value is -17.5. The van der Waals surface area contributed by atoms with E-state index in [4.69, 9.17) is 24.6 Å².